The second kappa shape index (κ2) is 6.73. The molecular formula is C15H23BrN2O. The molecule has 0 aromatic heterocycles. The first-order valence-corrected chi connectivity index (χ1v) is 8.01. The van der Waals surface area contributed by atoms with Crippen LogP contribution in [-0.4, -0.2) is 54.2 Å². The molecule has 0 saturated carbocycles. The van der Waals surface area contributed by atoms with Crippen LogP contribution in [0.1, 0.15) is 11.1 Å². The van der Waals surface area contributed by atoms with Gasteiger partial charge in [0, 0.05) is 43.7 Å². The molecule has 0 aliphatic carbocycles. The first-order valence-electron chi connectivity index (χ1n) is 6.89. The first-order chi connectivity index (χ1) is 9.11. The van der Waals surface area contributed by atoms with Crippen LogP contribution in [0.25, 0.3) is 0 Å². The Bertz CT molecular complexity index is 417. The Morgan fingerprint density at radius 1 is 1.21 bits per heavy atom. The molecule has 0 amide bonds. The minimum Gasteiger partial charge on any atom is -0.391 e. The Morgan fingerprint density at radius 2 is 1.89 bits per heavy atom. The van der Waals surface area contributed by atoms with E-state index in [0.717, 1.165) is 32.7 Å². The van der Waals surface area contributed by atoms with Crippen LogP contribution in [0.2, 0.25) is 0 Å². The van der Waals surface area contributed by atoms with E-state index in [4.69, 9.17) is 0 Å². The van der Waals surface area contributed by atoms with Gasteiger partial charge in [0.15, 0.2) is 0 Å². The molecule has 1 fully saturated rings. The Balaban J connectivity index is 1.94. The molecule has 1 aromatic carbocycles. The number of hydrogen-bond donors (Lipinski definition) is 1. The Hall–Kier alpha value is -0.580. The molecule has 2 rings (SSSR count). The van der Waals surface area contributed by atoms with Gasteiger partial charge in [-0.05, 0) is 31.0 Å². The lowest BCUT2D eigenvalue weighted by atomic mass is 10.1. The highest BCUT2D eigenvalue weighted by atomic mass is 79.9. The summed E-state index contributed by atoms with van der Waals surface area (Å²) >= 11 is 3.32. The smallest absolute Gasteiger partial charge is 0.0763 e. The van der Waals surface area contributed by atoms with Crippen LogP contribution >= 0.6 is 15.9 Å². The monoisotopic (exact) mass is 326 g/mol. The standard InChI is InChI=1S/C15H23BrN2O/c1-12-4-3-5-15(13(12)2)18-8-6-17(7-9-18)11-14(19)10-16/h3-5,14,19H,6-11H2,1-2H3. The quantitative estimate of drug-likeness (QED) is 0.859. The van der Waals surface area contributed by atoms with Gasteiger partial charge in [-0.15, -0.1) is 0 Å². The van der Waals surface area contributed by atoms with Crippen LogP contribution in [0.3, 0.4) is 0 Å². The van der Waals surface area contributed by atoms with E-state index in [1.165, 1.54) is 16.8 Å². The molecule has 3 nitrogen and oxygen atoms in total. The van der Waals surface area contributed by atoms with Gasteiger partial charge in [-0.25, -0.2) is 0 Å². The maximum atomic E-state index is 9.67. The van der Waals surface area contributed by atoms with Gasteiger partial charge in [0.25, 0.3) is 0 Å². The molecule has 106 valence electrons. The maximum Gasteiger partial charge on any atom is 0.0763 e. The topological polar surface area (TPSA) is 26.7 Å². The zero-order chi connectivity index (χ0) is 13.8. The van der Waals surface area contributed by atoms with Gasteiger partial charge >= 0.3 is 0 Å². The second-order valence-corrected chi connectivity index (χ2v) is 5.96. The number of aliphatic hydroxyl groups excluding tert-OH is 1. The number of hydrogen-bond acceptors (Lipinski definition) is 3. The number of piperazine rings is 1. The van der Waals surface area contributed by atoms with Gasteiger partial charge in [0.1, 0.15) is 0 Å². The van der Waals surface area contributed by atoms with Crippen molar-refractivity contribution in [3.63, 3.8) is 0 Å². The Kier molecular flexibility index (Phi) is 5.25. The molecule has 4 heteroatoms. The summed E-state index contributed by atoms with van der Waals surface area (Å²) in [5.74, 6) is 0. The fourth-order valence-electron chi connectivity index (χ4n) is 2.60. The highest BCUT2D eigenvalue weighted by molar-refractivity contribution is 9.09. The molecule has 1 aliphatic rings. The molecular weight excluding hydrogens is 304 g/mol. The van der Waals surface area contributed by atoms with E-state index in [2.05, 4.69) is 57.8 Å². The molecule has 1 aromatic rings. The number of nitrogens with zero attached hydrogens (tertiary/aromatic N) is 2. The van der Waals surface area contributed by atoms with Crippen molar-refractivity contribution in [2.75, 3.05) is 43.0 Å². The zero-order valence-corrected chi connectivity index (χ0v) is 13.4. The number of aryl methyl sites for hydroxylation is 1. The highest BCUT2D eigenvalue weighted by Gasteiger charge is 2.20. The summed E-state index contributed by atoms with van der Waals surface area (Å²) in [5, 5.41) is 10.3. The van der Waals surface area contributed by atoms with Crippen molar-refractivity contribution in [3.8, 4) is 0 Å². The van der Waals surface area contributed by atoms with Crippen LogP contribution in [0.15, 0.2) is 18.2 Å². The number of alkyl halides is 1. The van der Waals surface area contributed by atoms with Crippen LogP contribution in [-0.2, 0) is 0 Å². The van der Waals surface area contributed by atoms with Gasteiger partial charge in [-0.2, -0.15) is 0 Å². The molecule has 1 heterocycles. The van der Waals surface area contributed by atoms with Crippen LogP contribution < -0.4 is 4.90 Å². The van der Waals surface area contributed by atoms with E-state index in [1.807, 2.05) is 0 Å². The average molecular weight is 327 g/mol. The lowest BCUT2D eigenvalue weighted by molar-refractivity contribution is 0.127. The number of halogens is 1. The summed E-state index contributed by atoms with van der Waals surface area (Å²) < 4.78 is 0. The van der Waals surface area contributed by atoms with Crippen molar-refractivity contribution in [2.24, 2.45) is 0 Å². The van der Waals surface area contributed by atoms with Crippen molar-refractivity contribution in [1.29, 1.82) is 0 Å². The fraction of sp³-hybridized carbons (Fsp3) is 0.600. The minimum absolute atomic E-state index is 0.257. The minimum atomic E-state index is -0.257. The molecule has 0 bridgehead atoms. The van der Waals surface area contributed by atoms with Crippen molar-refractivity contribution in [1.82, 2.24) is 4.90 Å². The van der Waals surface area contributed by atoms with Crippen molar-refractivity contribution in [3.05, 3.63) is 29.3 Å². The average Bonchev–Trinajstić information content (AvgIpc) is 2.43. The molecule has 1 saturated heterocycles. The molecule has 0 spiro atoms. The summed E-state index contributed by atoms with van der Waals surface area (Å²) in [6.07, 6.45) is -0.257. The van der Waals surface area contributed by atoms with Gasteiger partial charge in [-0.3, -0.25) is 4.90 Å². The number of benzene rings is 1. The lowest BCUT2D eigenvalue weighted by Crippen LogP contribution is -2.49. The molecule has 1 aliphatic heterocycles. The number of rotatable bonds is 4. The first kappa shape index (κ1) is 14.8. The van der Waals surface area contributed by atoms with Crippen LogP contribution in [0, 0.1) is 13.8 Å². The molecule has 1 unspecified atom stereocenters. The van der Waals surface area contributed by atoms with E-state index in [0.29, 0.717) is 5.33 Å². The Labute approximate surface area is 124 Å². The van der Waals surface area contributed by atoms with Crippen molar-refractivity contribution in [2.45, 2.75) is 20.0 Å². The maximum absolute atomic E-state index is 9.67. The third-order valence-corrected chi connectivity index (χ3v) is 4.68. The van der Waals surface area contributed by atoms with Gasteiger partial charge in [-0.1, -0.05) is 28.1 Å². The van der Waals surface area contributed by atoms with Gasteiger partial charge in [0.05, 0.1) is 6.10 Å². The summed E-state index contributed by atoms with van der Waals surface area (Å²) in [6, 6.07) is 6.52. The summed E-state index contributed by atoms with van der Waals surface area (Å²) in [6.45, 7) is 9.27. The second-order valence-electron chi connectivity index (χ2n) is 5.31. The van der Waals surface area contributed by atoms with E-state index in [9.17, 15) is 5.11 Å². The summed E-state index contributed by atoms with van der Waals surface area (Å²) in [5.41, 5.74) is 4.10. The summed E-state index contributed by atoms with van der Waals surface area (Å²) in [4.78, 5) is 4.80. The van der Waals surface area contributed by atoms with Crippen molar-refractivity contribution < 1.29 is 5.11 Å². The zero-order valence-electron chi connectivity index (χ0n) is 11.8. The third-order valence-electron chi connectivity index (χ3n) is 3.94. The van der Waals surface area contributed by atoms with E-state index in [1.54, 1.807) is 0 Å². The van der Waals surface area contributed by atoms with E-state index < -0.39 is 0 Å². The van der Waals surface area contributed by atoms with Crippen LogP contribution in [0.5, 0.6) is 0 Å². The van der Waals surface area contributed by atoms with E-state index in [-0.39, 0.29) is 6.10 Å². The van der Waals surface area contributed by atoms with Gasteiger partial charge < -0.3 is 10.0 Å². The molecule has 0 radical (unpaired) electrons. The fourth-order valence-corrected chi connectivity index (χ4v) is 2.80. The Morgan fingerprint density at radius 3 is 2.53 bits per heavy atom. The summed E-state index contributed by atoms with van der Waals surface area (Å²) in [7, 11) is 0. The van der Waals surface area contributed by atoms with Gasteiger partial charge in [0.2, 0.25) is 0 Å². The predicted octanol–water partition coefficient (Wildman–Crippen LogP) is 2.18. The normalized spacial score (nSPS) is 18.6. The molecule has 1 N–H and O–H groups in total. The highest BCUT2D eigenvalue weighted by Crippen LogP contribution is 2.23. The number of aliphatic hydroxyl groups is 1. The number of anilines is 1. The molecule has 19 heavy (non-hydrogen) atoms. The van der Waals surface area contributed by atoms with Crippen molar-refractivity contribution >= 4 is 21.6 Å². The largest absolute Gasteiger partial charge is 0.391 e. The van der Waals surface area contributed by atoms with E-state index >= 15 is 0 Å². The third kappa shape index (κ3) is 3.71. The number of β-amino-alcohol motifs (C(OH)–C–C–N with tert-alkyl or cyclic N) is 1. The molecule has 1 atom stereocenters. The predicted molar refractivity (Wildman–Crippen MR) is 84.4 cm³/mol. The lowest BCUT2D eigenvalue weighted by Gasteiger charge is -2.37. The SMILES string of the molecule is Cc1cccc(N2CCN(CC(O)CBr)CC2)c1C. The van der Waals surface area contributed by atoms with Crippen LogP contribution in [0.4, 0.5) is 5.69 Å².